The Morgan fingerprint density at radius 2 is 2.10 bits per heavy atom. The zero-order valence-electron chi connectivity index (χ0n) is 12.0. The minimum Gasteiger partial charge on any atom is -0.337 e. The Labute approximate surface area is 130 Å². The molecule has 0 unspecified atom stereocenters. The Kier molecular flexibility index (Phi) is 6.71. The molecule has 1 fully saturated rings. The molecule has 7 heteroatoms. The smallest absolute Gasteiger partial charge is 0.233 e. The number of nitrogens with one attached hydrogen (secondary N) is 1. The number of carbonyl (C=O) groups is 1. The fraction of sp³-hybridized carbons (Fsp3) is 0.615. The summed E-state index contributed by atoms with van der Waals surface area (Å²) in [7, 11) is 0. The van der Waals surface area contributed by atoms with Crippen LogP contribution in [0, 0.1) is 13.8 Å². The van der Waals surface area contributed by atoms with Crippen LogP contribution < -0.4 is 5.32 Å². The molecule has 1 aromatic rings. The number of rotatable bonds is 3. The molecule has 2 rings (SSSR count). The second-order valence-corrected chi connectivity index (χ2v) is 5.80. The molecule has 0 bridgehead atoms. The van der Waals surface area contributed by atoms with Crippen molar-refractivity contribution in [2.24, 2.45) is 0 Å². The summed E-state index contributed by atoms with van der Waals surface area (Å²) in [6.45, 7) is 8.49. The highest BCUT2D eigenvalue weighted by Gasteiger charge is 2.22. The molecule has 1 N–H and O–H groups in total. The van der Waals surface area contributed by atoms with Gasteiger partial charge in [-0.2, -0.15) is 0 Å². The molecule has 1 atom stereocenters. The van der Waals surface area contributed by atoms with E-state index in [4.69, 9.17) is 0 Å². The van der Waals surface area contributed by atoms with E-state index >= 15 is 0 Å². The van der Waals surface area contributed by atoms with Crippen LogP contribution in [0.4, 0.5) is 0 Å². The van der Waals surface area contributed by atoms with Crippen LogP contribution in [0.2, 0.25) is 0 Å². The Balaban J connectivity index is 0.00000200. The van der Waals surface area contributed by atoms with E-state index in [-0.39, 0.29) is 24.4 Å². The third kappa shape index (κ3) is 4.61. The second-order valence-electron chi connectivity index (χ2n) is 4.86. The number of amides is 1. The Hall–Kier alpha value is -0.850. The number of piperazine rings is 1. The molecule has 1 aliphatic rings. The van der Waals surface area contributed by atoms with Crippen LogP contribution in [-0.2, 0) is 4.79 Å². The fourth-order valence-corrected chi connectivity index (χ4v) is 3.01. The third-order valence-corrected chi connectivity index (χ3v) is 3.94. The molecule has 2 heterocycles. The van der Waals surface area contributed by atoms with Gasteiger partial charge in [0, 0.05) is 37.1 Å². The highest BCUT2D eigenvalue weighted by molar-refractivity contribution is 7.99. The summed E-state index contributed by atoms with van der Waals surface area (Å²) in [6.07, 6.45) is 0. The van der Waals surface area contributed by atoms with Crippen molar-refractivity contribution in [3.8, 4) is 0 Å². The van der Waals surface area contributed by atoms with Gasteiger partial charge in [-0.3, -0.25) is 4.79 Å². The summed E-state index contributed by atoms with van der Waals surface area (Å²) in [5, 5.41) is 3.97. The molecule has 0 aromatic carbocycles. The van der Waals surface area contributed by atoms with E-state index in [0.29, 0.717) is 10.9 Å². The summed E-state index contributed by atoms with van der Waals surface area (Å²) in [5.74, 6) is 0.578. The molecule has 1 amide bonds. The SMILES string of the molecule is Cc1cc(C)nc(SCC(=O)N2CCNC[C@@H]2C)n1.Cl. The summed E-state index contributed by atoms with van der Waals surface area (Å²) in [5.41, 5.74) is 1.89. The lowest BCUT2D eigenvalue weighted by Crippen LogP contribution is -2.52. The van der Waals surface area contributed by atoms with Crippen molar-refractivity contribution < 1.29 is 4.79 Å². The van der Waals surface area contributed by atoms with E-state index in [1.807, 2.05) is 24.8 Å². The minimum absolute atomic E-state index is 0. The van der Waals surface area contributed by atoms with Gasteiger partial charge < -0.3 is 10.2 Å². The van der Waals surface area contributed by atoms with E-state index in [1.54, 1.807) is 0 Å². The van der Waals surface area contributed by atoms with Crippen LogP contribution in [0.1, 0.15) is 18.3 Å². The van der Waals surface area contributed by atoms with Crippen molar-refractivity contribution >= 4 is 30.1 Å². The number of aryl methyl sites for hydroxylation is 2. The van der Waals surface area contributed by atoms with Crippen LogP contribution in [0.3, 0.4) is 0 Å². The molecule has 0 spiro atoms. The van der Waals surface area contributed by atoms with Crippen molar-refractivity contribution in [1.82, 2.24) is 20.2 Å². The number of nitrogens with zero attached hydrogens (tertiary/aromatic N) is 3. The number of carbonyl (C=O) groups excluding carboxylic acids is 1. The number of hydrogen-bond acceptors (Lipinski definition) is 5. The van der Waals surface area contributed by atoms with Crippen LogP contribution in [0.5, 0.6) is 0 Å². The molecule has 5 nitrogen and oxygen atoms in total. The highest BCUT2D eigenvalue weighted by Crippen LogP contribution is 2.16. The van der Waals surface area contributed by atoms with Gasteiger partial charge >= 0.3 is 0 Å². The molecule has 0 aliphatic carbocycles. The first-order valence-electron chi connectivity index (χ1n) is 6.51. The Morgan fingerprint density at radius 1 is 1.45 bits per heavy atom. The molecule has 112 valence electrons. The predicted octanol–water partition coefficient (Wildman–Crippen LogP) is 1.43. The molecule has 0 saturated carbocycles. The maximum Gasteiger partial charge on any atom is 0.233 e. The zero-order chi connectivity index (χ0) is 13.8. The first-order valence-corrected chi connectivity index (χ1v) is 7.50. The van der Waals surface area contributed by atoms with Crippen LogP contribution in [0.25, 0.3) is 0 Å². The van der Waals surface area contributed by atoms with Gasteiger partial charge in [-0.25, -0.2) is 9.97 Å². The number of hydrogen-bond donors (Lipinski definition) is 1. The topological polar surface area (TPSA) is 58.1 Å². The summed E-state index contributed by atoms with van der Waals surface area (Å²) in [6, 6.07) is 2.20. The van der Waals surface area contributed by atoms with Gasteiger partial charge in [0.1, 0.15) is 0 Å². The lowest BCUT2D eigenvalue weighted by atomic mass is 10.2. The van der Waals surface area contributed by atoms with Gasteiger partial charge in [-0.1, -0.05) is 11.8 Å². The first kappa shape index (κ1) is 17.2. The molecule has 1 aliphatic heterocycles. The van der Waals surface area contributed by atoms with E-state index < -0.39 is 0 Å². The Morgan fingerprint density at radius 3 is 2.70 bits per heavy atom. The standard InChI is InChI=1S/C13H20N4OS.ClH/c1-9-6-10(2)16-13(15-9)19-8-12(18)17-5-4-14-7-11(17)3;/h6,11,14H,4-5,7-8H2,1-3H3;1H/t11-;/m0./s1. The normalized spacial score (nSPS) is 18.6. The van der Waals surface area contributed by atoms with Crippen LogP contribution in [-0.4, -0.2) is 52.2 Å². The second kappa shape index (κ2) is 7.81. The van der Waals surface area contributed by atoms with Crippen molar-refractivity contribution in [2.75, 3.05) is 25.4 Å². The van der Waals surface area contributed by atoms with Gasteiger partial charge in [0.25, 0.3) is 0 Å². The van der Waals surface area contributed by atoms with Gasteiger partial charge in [0.05, 0.1) is 5.75 Å². The molecule has 1 aromatic heterocycles. The first-order chi connectivity index (χ1) is 9.06. The molecule has 0 radical (unpaired) electrons. The van der Waals surface area contributed by atoms with Crippen LogP contribution >= 0.6 is 24.2 Å². The zero-order valence-corrected chi connectivity index (χ0v) is 13.7. The largest absolute Gasteiger partial charge is 0.337 e. The van der Waals surface area contributed by atoms with Crippen molar-refractivity contribution in [3.63, 3.8) is 0 Å². The van der Waals surface area contributed by atoms with E-state index in [1.165, 1.54) is 11.8 Å². The fourth-order valence-electron chi connectivity index (χ4n) is 2.18. The van der Waals surface area contributed by atoms with Gasteiger partial charge in [-0.15, -0.1) is 12.4 Å². The van der Waals surface area contributed by atoms with Crippen molar-refractivity contribution in [3.05, 3.63) is 17.5 Å². The van der Waals surface area contributed by atoms with Crippen molar-refractivity contribution in [1.29, 1.82) is 0 Å². The lowest BCUT2D eigenvalue weighted by Gasteiger charge is -2.33. The average Bonchev–Trinajstić information content (AvgIpc) is 2.35. The number of aromatic nitrogens is 2. The van der Waals surface area contributed by atoms with E-state index in [2.05, 4.69) is 22.2 Å². The molecular weight excluding hydrogens is 296 g/mol. The van der Waals surface area contributed by atoms with E-state index in [9.17, 15) is 4.79 Å². The number of thioether (sulfide) groups is 1. The summed E-state index contributed by atoms with van der Waals surface area (Å²) in [4.78, 5) is 22.8. The van der Waals surface area contributed by atoms with Gasteiger partial charge in [0.15, 0.2) is 5.16 Å². The average molecular weight is 317 g/mol. The summed E-state index contributed by atoms with van der Waals surface area (Å²) >= 11 is 1.42. The maximum absolute atomic E-state index is 12.2. The summed E-state index contributed by atoms with van der Waals surface area (Å²) < 4.78 is 0. The van der Waals surface area contributed by atoms with Gasteiger partial charge in [-0.05, 0) is 26.8 Å². The monoisotopic (exact) mass is 316 g/mol. The Bertz CT molecular complexity index is 451. The molecular formula is C13H21ClN4OS. The lowest BCUT2D eigenvalue weighted by molar-refractivity contribution is -0.131. The maximum atomic E-state index is 12.2. The van der Waals surface area contributed by atoms with E-state index in [0.717, 1.165) is 31.0 Å². The molecule has 1 saturated heterocycles. The molecule has 20 heavy (non-hydrogen) atoms. The quantitative estimate of drug-likeness (QED) is 0.675. The highest BCUT2D eigenvalue weighted by atomic mass is 35.5. The third-order valence-electron chi connectivity index (χ3n) is 3.11. The van der Waals surface area contributed by atoms with Gasteiger partial charge in [0.2, 0.25) is 5.91 Å². The van der Waals surface area contributed by atoms with Crippen molar-refractivity contribution in [2.45, 2.75) is 32.0 Å². The predicted molar refractivity (Wildman–Crippen MR) is 83.5 cm³/mol. The van der Waals surface area contributed by atoms with Crippen LogP contribution in [0.15, 0.2) is 11.2 Å². The minimum atomic E-state index is 0. The number of halogens is 1.